The maximum Gasteiger partial charge on any atom is 0.351 e. The molecule has 0 saturated heterocycles. The van der Waals surface area contributed by atoms with Crippen LogP contribution in [0.25, 0.3) is 11.0 Å². The van der Waals surface area contributed by atoms with Crippen LogP contribution < -0.4 is 20.4 Å². The molecule has 1 amide bonds. The fourth-order valence-electron chi connectivity index (χ4n) is 2.85. The molecule has 0 fully saturated rings. The van der Waals surface area contributed by atoms with Crippen molar-refractivity contribution in [3.05, 3.63) is 64.5 Å². The number of para-hydroxylation sites is 1. The van der Waals surface area contributed by atoms with Gasteiger partial charge in [-0.05, 0) is 31.2 Å². The fraction of sp³-hybridized carbons (Fsp3) is 0.190. The predicted octanol–water partition coefficient (Wildman–Crippen LogP) is 2.75. The Morgan fingerprint density at radius 3 is 2.62 bits per heavy atom. The minimum atomic E-state index is -1.14. The van der Waals surface area contributed by atoms with Crippen LogP contribution >= 0.6 is 0 Å². The Bertz CT molecular complexity index is 1150. The molecule has 1 aliphatic heterocycles. The largest absolute Gasteiger partial charge is 0.486 e. The summed E-state index contributed by atoms with van der Waals surface area (Å²) in [4.78, 5) is 36.8. The van der Waals surface area contributed by atoms with Crippen LogP contribution in [0.5, 0.6) is 11.5 Å². The summed E-state index contributed by atoms with van der Waals surface area (Å²) in [7, 11) is 0. The second kappa shape index (κ2) is 7.67. The quantitative estimate of drug-likeness (QED) is 0.535. The van der Waals surface area contributed by atoms with E-state index in [0.29, 0.717) is 41.4 Å². The first-order valence-electron chi connectivity index (χ1n) is 8.95. The van der Waals surface area contributed by atoms with Gasteiger partial charge in [-0.15, -0.1) is 0 Å². The zero-order chi connectivity index (χ0) is 20.4. The fourth-order valence-corrected chi connectivity index (χ4v) is 2.85. The van der Waals surface area contributed by atoms with Gasteiger partial charge in [0.15, 0.2) is 17.6 Å². The van der Waals surface area contributed by atoms with Gasteiger partial charge in [-0.25, -0.2) is 9.59 Å². The molecule has 0 unspecified atom stereocenters. The first-order chi connectivity index (χ1) is 14.0. The number of benzene rings is 2. The number of hydrogen-bond acceptors (Lipinski definition) is 7. The van der Waals surface area contributed by atoms with Crippen LogP contribution in [0.15, 0.2) is 57.7 Å². The van der Waals surface area contributed by atoms with Crippen molar-refractivity contribution in [2.24, 2.45) is 0 Å². The monoisotopic (exact) mass is 395 g/mol. The molecule has 1 atom stereocenters. The van der Waals surface area contributed by atoms with E-state index in [9.17, 15) is 14.4 Å². The van der Waals surface area contributed by atoms with E-state index in [1.165, 1.54) is 13.0 Å². The Kier molecular flexibility index (Phi) is 4.90. The van der Waals surface area contributed by atoms with Gasteiger partial charge in [-0.2, -0.15) is 0 Å². The van der Waals surface area contributed by atoms with Crippen molar-refractivity contribution in [3.63, 3.8) is 0 Å². The molecule has 8 nitrogen and oxygen atoms in total. The maximum absolute atomic E-state index is 12.4. The first kappa shape index (κ1) is 18.5. The normalized spacial score (nSPS) is 13.6. The lowest BCUT2D eigenvalue weighted by Gasteiger charge is -2.19. The third kappa shape index (κ3) is 3.91. The van der Waals surface area contributed by atoms with Gasteiger partial charge >= 0.3 is 11.6 Å². The molecule has 0 radical (unpaired) electrons. The Labute approximate surface area is 165 Å². The highest BCUT2D eigenvalue weighted by atomic mass is 16.6. The molecule has 29 heavy (non-hydrogen) atoms. The molecular formula is C21H17NO7. The number of esters is 1. The standard InChI is InChI=1S/C21H17NO7/c1-12(19(23)22-14-6-7-17-18(11-14)27-9-8-26-17)28-20(24)15-10-13-4-2-3-5-16(13)29-21(15)25/h2-7,10-12H,8-9H2,1H3,(H,22,23)/t12-/m0/s1. The maximum atomic E-state index is 12.4. The molecule has 148 valence electrons. The van der Waals surface area contributed by atoms with Crippen molar-refractivity contribution in [1.82, 2.24) is 0 Å². The van der Waals surface area contributed by atoms with Crippen LogP contribution in [0.1, 0.15) is 17.3 Å². The van der Waals surface area contributed by atoms with E-state index in [1.807, 2.05) is 0 Å². The number of carbonyl (C=O) groups excluding carboxylic acids is 2. The van der Waals surface area contributed by atoms with Gasteiger partial charge in [-0.1, -0.05) is 18.2 Å². The Hall–Kier alpha value is -3.81. The average Bonchev–Trinajstić information content (AvgIpc) is 2.73. The summed E-state index contributed by atoms with van der Waals surface area (Å²) < 4.78 is 21.2. The molecule has 8 heteroatoms. The minimum Gasteiger partial charge on any atom is -0.486 e. The van der Waals surface area contributed by atoms with E-state index in [0.717, 1.165) is 0 Å². The lowest BCUT2D eigenvalue weighted by Crippen LogP contribution is -2.31. The zero-order valence-corrected chi connectivity index (χ0v) is 15.5. The Balaban J connectivity index is 1.45. The molecule has 1 aliphatic rings. The molecule has 1 N–H and O–H groups in total. The number of fused-ring (bicyclic) bond motifs is 2. The molecule has 1 aromatic heterocycles. The van der Waals surface area contributed by atoms with Crippen LogP contribution in [0.3, 0.4) is 0 Å². The number of ether oxygens (including phenoxy) is 3. The van der Waals surface area contributed by atoms with Crippen molar-refractivity contribution in [3.8, 4) is 11.5 Å². The van der Waals surface area contributed by atoms with E-state index in [2.05, 4.69) is 5.32 Å². The van der Waals surface area contributed by atoms with Gasteiger partial charge in [0.2, 0.25) is 0 Å². The molecule has 0 aliphatic carbocycles. The predicted molar refractivity (Wildman–Crippen MR) is 103 cm³/mol. The topological polar surface area (TPSA) is 104 Å². The number of nitrogens with one attached hydrogen (secondary N) is 1. The van der Waals surface area contributed by atoms with Gasteiger partial charge < -0.3 is 23.9 Å². The van der Waals surface area contributed by atoms with Crippen LogP contribution in [0.2, 0.25) is 0 Å². The van der Waals surface area contributed by atoms with Crippen molar-refractivity contribution < 1.29 is 28.2 Å². The second-order valence-electron chi connectivity index (χ2n) is 6.38. The second-order valence-corrected chi connectivity index (χ2v) is 6.38. The summed E-state index contributed by atoms with van der Waals surface area (Å²) in [6, 6.07) is 13.1. The summed E-state index contributed by atoms with van der Waals surface area (Å²) in [6.07, 6.45) is -1.14. The summed E-state index contributed by atoms with van der Waals surface area (Å²) in [5, 5.41) is 3.22. The van der Waals surface area contributed by atoms with Gasteiger partial charge in [-0.3, -0.25) is 4.79 Å². The van der Waals surface area contributed by atoms with Crippen LogP contribution in [-0.4, -0.2) is 31.2 Å². The molecule has 2 aromatic carbocycles. The highest BCUT2D eigenvalue weighted by Crippen LogP contribution is 2.32. The molecule has 0 bridgehead atoms. The first-order valence-corrected chi connectivity index (χ1v) is 8.95. The van der Waals surface area contributed by atoms with Gasteiger partial charge in [0.05, 0.1) is 0 Å². The number of amides is 1. The van der Waals surface area contributed by atoms with E-state index in [4.69, 9.17) is 18.6 Å². The highest BCUT2D eigenvalue weighted by molar-refractivity contribution is 5.98. The van der Waals surface area contributed by atoms with Crippen LogP contribution in [0.4, 0.5) is 5.69 Å². The average molecular weight is 395 g/mol. The van der Waals surface area contributed by atoms with Crippen molar-refractivity contribution in [2.45, 2.75) is 13.0 Å². The summed E-state index contributed by atoms with van der Waals surface area (Å²) in [5.41, 5.74) is -0.276. The third-order valence-electron chi connectivity index (χ3n) is 4.32. The smallest absolute Gasteiger partial charge is 0.351 e. The summed E-state index contributed by atoms with van der Waals surface area (Å²) in [6.45, 7) is 2.30. The van der Waals surface area contributed by atoms with Crippen LogP contribution in [0, 0.1) is 0 Å². The summed E-state index contributed by atoms with van der Waals surface area (Å²) in [5.74, 6) is -0.376. The van der Waals surface area contributed by atoms with Crippen molar-refractivity contribution in [1.29, 1.82) is 0 Å². The van der Waals surface area contributed by atoms with E-state index in [1.54, 1.807) is 42.5 Å². The molecule has 0 spiro atoms. The molecule has 0 saturated carbocycles. The van der Waals surface area contributed by atoms with Crippen molar-refractivity contribution in [2.75, 3.05) is 18.5 Å². The highest BCUT2D eigenvalue weighted by Gasteiger charge is 2.23. The van der Waals surface area contributed by atoms with Gasteiger partial charge in [0.25, 0.3) is 5.91 Å². The number of hydrogen-bond donors (Lipinski definition) is 1. The molecule has 2 heterocycles. The Morgan fingerprint density at radius 1 is 1.03 bits per heavy atom. The molecular weight excluding hydrogens is 378 g/mol. The van der Waals surface area contributed by atoms with E-state index in [-0.39, 0.29) is 5.56 Å². The number of carbonyl (C=O) groups is 2. The van der Waals surface area contributed by atoms with Gasteiger partial charge in [0, 0.05) is 17.1 Å². The van der Waals surface area contributed by atoms with Gasteiger partial charge in [0.1, 0.15) is 24.4 Å². The lowest BCUT2D eigenvalue weighted by molar-refractivity contribution is -0.123. The van der Waals surface area contributed by atoms with Crippen molar-refractivity contribution >= 4 is 28.5 Å². The summed E-state index contributed by atoms with van der Waals surface area (Å²) >= 11 is 0. The lowest BCUT2D eigenvalue weighted by atomic mass is 10.2. The minimum absolute atomic E-state index is 0.275. The number of rotatable bonds is 4. The number of anilines is 1. The Morgan fingerprint density at radius 2 is 1.79 bits per heavy atom. The SMILES string of the molecule is C[C@H](OC(=O)c1cc2ccccc2oc1=O)C(=O)Nc1ccc2c(c1)OCCO2. The van der Waals surface area contributed by atoms with E-state index >= 15 is 0 Å². The zero-order valence-electron chi connectivity index (χ0n) is 15.5. The third-order valence-corrected chi connectivity index (χ3v) is 4.32. The molecule has 4 rings (SSSR count). The van der Waals surface area contributed by atoms with E-state index < -0.39 is 23.6 Å². The van der Waals surface area contributed by atoms with Crippen LogP contribution in [-0.2, 0) is 9.53 Å². The molecule has 3 aromatic rings.